The number of esters is 1. The molecule has 0 spiro atoms. The molecule has 5 rings (SSSR count). The van der Waals surface area contributed by atoms with Crippen molar-refractivity contribution in [2.45, 2.75) is 31.6 Å². The Morgan fingerprint density at radius 1 is 1.08 bits per heavy atom. The summed E-state index contributed by atoms with van der Waals surface area (Å²) in [4.78, 5) is 43.0. The highest BCUT2D eigenvalue weighted by atomic mass is 32.1. The normalized spacial score (nSPS) is 21.4. The number of allylic oxidation sites excluding steroid dienone is 2. The Kier molecular flexibility index (Phi) is 7.12. The van der Waals surface area contributed by atoms with E-state index < -0.39 is 47.0 Å². The van der Waals surface area contributed by atoms with E-state index in [1.54, 1.807) is 31.2 Å². The predicted molar refractivity (Wildman–Crippen MR) is 138 cm³/mol. The van der Waals surface area contributed by atoms with Gasteiger partial charge in [-0.05, 0) is 54.6 Å². The summed E-state index contributed by atoms with van der Waals surface area (Å²) >= 11 is 1.39. The van der Waals surface area contributed by atoms with Gasteiger partial charge in [0.15, 0.2) is 5.78 Å². The largest absolute Gasteiger partial charge is 0.497 e. The lowest BCUT2D eigenvalue weighted by Crippen LogP contribution is -2.46. The summed E-state index contributed by atoms with van der Waals surface area (Å²) in [5.41, 5.74) is 1.09. The standard InChI is InChI=1S/C29H25F2NO5S/c1-3-37-29(35)27-20(24-8-5-11-38-24)14-23-26(28(27)34)19(16-6-4-7-18(12-16)36-2)15-25(33)32(23)22-10-9-17(30)13-21(22)31/h4-13,19-20,27H,3,14-15H2,1-2H3/t19-,20-,27+/m1/s1. The zero-order chi connectivity index (χ0) is 27.0. The van der Waals surface area contributed by atoms with Gasteiger partial charge in [0, 0.05) is 40.5 Å². The van der Waals surface area contributed by atoms with Gasteiger partial charge in [-0.3, -0.25) is 19.3 Å². The Morgan fingerprint density at radius 2 is 1.89 bits per heavy atom. The third-order valence-corrected chi connectivity index (χ3v) is 8.02. The van der Waals surface area contributed by atoms with Gasteiger partial charge < -0.3 is 9.47 Å². The molecule has 2 heterocycles. The minimum Gasteiger partial charge on any atom is -0.497 e. The molecule has 0 fully saturated rings. The van der Waals surface area contributed by atoms with Crippen molar-refractivity contribution in [2.24, 2.45) is 5.92 Å². The summed E-state index contributed by atoms with van der Waals surface area (Å²) in [5.74, 6) is -5.09. The molecule has 9 heteroatoms. The Bertz CT molecular complexity index is 1430. The number of benzene rings is 2. The number of halogens is 2. The highest BCUT2D eigenvalue weighted by Crippen LogP contribution is 2.50. The molecule has 0 bridgehead atoms. The van der Waals surface area contributed by atoms with Crippen LogP contribution in [0, 0.1) is 17.6 Å². The topological polar surface area (TPSA) is 72.9 Å². The first-order valence-electron chi connectivity index (χ1n) is 12.2. The molecule has 0 saturated heterocycles. The number of hydrogen-bond donors (Lipinski definition) is 0. The van der Waals surface area contributed by atoms with Crippen molar-refractivity contribution in [3.63, 3.8) is 0 Å². The van der Waals surface area contributed by atoms with Crippen molar-refractivity contribution >= 4 is 34.7 Å². The molecule has 2 aromatic carbocycles. The molecule has 2 aliphatic rings. The van der Waals surface area contributed by atoms with Crippen LogP contribution in [0.25, 0.3) is 0 Å². The summed E-state index contributed by atoms with van der Waals surface area (Å²) in [7, 11) is 1.52. The third-order valence-electron chi connectivity index (χ3n) is 7.02. The first kappa shape index (κ1) is 25.8. The van der Waals surface area contributed by atoms with Gasteiger partial charge in [0.1, 0.15) is 23.3 Å². The first-order chi connectivity index (χ1) is 18.3. The molecule has 0 radical (unpaired) electrons. The summed E-state index contributed by atoms with van der Waals surface area (Å²) in [6.45, 7) is 1.78. The van der Waals surface area contributed by atoms with Gasteiger partial charge in [-0.1, -0.05) is 18.2 Å². The molecule has 0 N–H and O–H groups in total. The fourth-order valence-corrected chi connectivity index (χ4v) is 6.25. The van der Waals surface area contributed by atoms with Gasteiger partial charge in [-0.15, -0.1) is 11.3 Å². The van der Waals surface area contributed by atoms with Crippen LogP contribution in [0.5, 0.6) is 5.75 Å². The third kappa shape index (κ3) is 4.51. The average Bonchev–Trinajstić information content (AvgIpc) is 3.44. The van der Waals surface area contributed by atoms with Crippen LogP contribution in [0.15, 0.2) is 71.2 Å². The second kappa shape index (κ2) is 10.5. The molecule has 0 unspecified atom stereocenters. The number of anilines is 1. The van der Waals surface area contributed by atoms with Crippen LogP contribution in [0.1, 0.15) is 42.0 Å². The van der Waals surface area contributed by atoms with Crippen LogP contribution >= 0.6 is 11.3 Å². The predicted octanol–water partition coefficient (Wildman–Crippen LogP) is 5.75. The van der Waals surface area contributed by atoms with E-state index in [-0.39, 0.29) is 30.7 Å². The van der Waals surface area contributed by atoms with Crippen molar-refractivity contribution in [3.05, 3.63) is 93.3 Å². The van der Waals surface area contributed by atoms with Gasteiger partial charge in [0.25, 0.3) is 0 Å². The number of Topliss-reactive ketones (excluding diaryl/α,β-unsaturated/α-hetero) is 1. The lowest BCUT2D eigenvalue weighted by molar-refractivity contribution is -0.152. The zero-order valence-corrected chi connectivity index (χ0v) is 21.6. The number of thiophene rings is 1. The summed E-state index contributed by atoms with van der Waals surface area (Å²) in [5, 5.41) is 1.84. The molecule has 3 aromatic rings. The number of ether oxygens (including phenoxy) is 2. The SMILES string of the molecule is CCOC(=O)[C@@H]1C(=O)C2=C(C[C@@H]1c1cccs1)N(c1ccc(F)cc1F)C(=O)C[C@@H]2c1cccc(OC)c1. The minimum absolute atomic E-state index is 0.108. The van der Waals surface area contributed by atoms with Crippen LogP contribution in [0.2, 0.25) is 0 Å². The molecule has 1 amide bonds. The quantitative estimate of drug-likeness (QED) is 0.296. The number of hydrogen-bond acceptors (Lipinski definition) is 6. The van der Waals surface area contributed by atoms with Gasteiger partial charge in [-0.25, -0.2) is 8.78 Å². The second-order valence-electron chi connectivity index (χ2n) is 9.14. The maximum Gasteiger partial charge on any atom is 0.317 e. The van der Waals surface area contributed by atoms with Crippen LogP contribution in [0.3, 0.4) is 0 Å². The van der Waals surface area contributed by atoms with Gasteiger partial charge in [0.2, 0.25) is 5.91 Å². The zero-order valence-electron chi connectivity index (χ0n) is 20.8. The van der Waals surface area contributed by atoms with Gasteiger partial charge in [-0.2, -0.15) is 0 Å². The first-order valence-corrected chi connectivity index (χ1v) is 13.1. The molecule has 1 aromatic heterocycles. The van der Waals surface area contributed by atoms with Gasteiger partial charge in [0.05, 0.1) is 19.4 Å². The summed E-state index contributed by atoms with van der Waals surface area (Å²) in [6, 6.07) is 13.7. The molecule has 6 nitrogen and oxygen atoms in total. The van der Waals surface area contributed by atoms with Crippen LogP contribution in [-0.4, -0.2) is 31.4 Å². The molecule has 0 saturated carbocycles. The van der Waals surface area contributed by atoms with E-state index >= 15 is 4.39 Å². The van der Waals surface area contributed by atoms with Crippen molar-refractivity contribution < 1.29 is 32.6 Å². The molecular formula is C29H25F2NO5S. The lowest BCUT2D eigenvalue weighted by Gasteiger charge is -2.42. The monoisotopic (exact) mass is 537 g/mol. The van der Waals surface area contributed by atoms with E-state index in [1.807, 2.05) is 17.5 Å². The fraction of sp³-hybridized carbons (Fsp3) is 0.276. The molecule has 196 valence electrons. The number of amides is 1. The molecule has 38 heavy (non-hydrogen) atoms. The van der Waals surface area contributed by atoms with Crippen molar-refractivity contribution in [3.8, 4) is 5.75 Å². The van der Waals surface area contributed by atoms with Crippen molar-refractivity contribution in [2.75, 3.05) is 18.6 Å². The molecule has 1 aliphatic heterocycles. The fourth-order valence-electron chi connectivity index (χ4n) is 5.39. The van der Waals surface area contributed by atoms with E-state index in [9.17, 15) is 18.8 Å². The van der Waals surface area contributed by atoms with E-state index in [2.05, 4.69) is 0 Å². The van der Waals surface area contributed by atoms with E-state index in [0.29, 0.717) is 23.1 Å². The Balaban J connectivity index is 1.74. The van der Waals surface area contributed by atoms with Gasteiger partial charge >= 0.3 is 5.97 Å². The second-order valence-corrected chi connectivity index (χ2v) is 10.1. The van der Waals surface area contributed by atoms with Crippen LogP contribution < -0.4 is 9.64 Å². The maximum absolute atomic E-state index is 15.0. The average molecular weight is 538 g/mol. The number of carbonyl (C=O) groups is 3. The highest BCUT2D eigenvalue weighted by Gasteiger charge is 2.50. The highest BCUT2D eigenvalue weighted by molar-refractivity contribution is 7.10. The number of methoxy groups -OCH3 is 1. The van der Waals surface area contributed by atoms with Crippen molar-refractivity contribution in [1.29, 1.82) is 0 Å². The Labute approximate surface area is 222 Å². The van der Waals surface area contributed by atoms with Crippen LogP contribution in [-0.2, 0) is 19.1 Å². The smallest absolute Gasteiger partial charge is 0.317 e. The number of ketones is 1. The summed E-state index contributed by atoms with van der Waals surface area (Å²) < 4.78 is 39.5. The lowest BCUT2D eigenvalue weighted by atomic mass is 9.69. The van der Waals surface area contributed by atoms with E-state index in [0.717, 1.165) is 10.9 Å². The number of nitrogens with zero attached hydrogens (tertiary/aromatic N) is 1. The van der Waals surface area contributed by atoms with Crippen LogP contribution in [0.4, 0.5) is 14.5 Å². The van der Waals surface area contributed by atoms with Crippen molar-refractivity contribution in [1.82, 2.24) is 0 Å². The van der Waals surface area contributed by atoms with E-state index in [4.69, 9.17) is 9.47 Å². The molecule has 1 aliphatic carbocycles. The number of carbonyl (C=O) groups excluding carboxylic acids is 3. The Hall–Kier alpha value is -3.85. The minimum atomic E-state index is -1.12. The molecule has 3 atom stereocenters. The maximum atomic E-state index is 15.0. The summed E-state index contributed by atoms with van der Waals surface area (Å²) in [6.07, 6.45) is -0.0259. The Morgan fingerprint density at radius 3 is 2.58 bits per heavy atom. The number of rotatable bonds is 6. The molecular weight excluding hydrogens is 512 g/mol. The van der Waals surface area contributed by atoms with E-state index in [1.165, 1.54) is 29.4 Å².